The molecular formula is C40H28N2S. The number of nitrogens with two attached hydrogens (primary N) is 1. The Labute approximate surface area is 255 Å². The Bertz CT molecular complexity index is 2260. The number of aryl methyl sites for hydroxylation is 1. The summed E-state index contributed by atoms with van der Waals surface area (Å²) < 4.78 is 2.25. The van der Waals surface area contributed by atoms with Crippen molar-refractivity contribution in [2.24, 2.45) is 5.73 Å². The quantitative estimate of drug-likeness (QED) is 0.225. The van der Waals surface area contributed by atoms with Gasteiger partial charge in [-0.15, -0.1) is 0 Å². The first kappa shape index (κ1) is 24.6. The van der Waals surface area contributed by atoms with Gasteiger partial charge >= 0.3 is 0 Å². The van der Waals surface area contributed by atoms with Crippen LogP contribution in [0, 0.1) is 6.92 Å². The van der Waals surface area contributed by atoms with Crippen molar-refractivity contribution in [3.63, 3.8) is 0 Å². The molecule has 0 saturated heterocycles. The first-order chi connectivity index (χ1) is 21.2. The van der Waals surface area contributed by atoms with Gasteiger partial charge in [-0.05, 0) is 87.8 Å². The Kier molecular flexibility index (Phi) is 5.15. The predicted octanol–water partition coefficient (Wildman–Crippen LogP) is 9.84. The van der Waals surface area contributed by atoms with E-state index in [1.807, 2.05) is 11.8 Å². The van der Waals surface area contributed by atoms with Crippen LogP contribution in [0.4, 0.5) is 0 Å². The molecule has 0 amide bonds. The zero-order valence-corrected chi connectivity index (χ0v) is 24.5. The van der Waals surface area contributed by atoms with Gasteiger partial charge in [-0.3, -0.25) is 4.57 Å². The van der Waals surface area contributed by atoms with Crippen LogP contribution in [-0.2, 0) is 5.41 Å². The SMILES string of the molecule is Cc1ccccc1/C=C(\N)n1c2ccccc2c2cc3c(cc21)C1(c2ccccc2Sc2ccccc21)c1ccccc1-3. The molecule has 1 aromatic heterocycles. The number of para-hydroxylation sites is 1. The van der Waals surface area contributed by atoms with Gasteiger partial charge in [0.05, 0.1) is 16.4 Å². The second kappa shape index (κ2) is 9.00. The van der Waals surface area contributed by atoms with Crippen LogP contribution in [0.1, 0.15) is 33.4 Å². The van der Waals surface area contributed by atoms with E-state index in [1.165, 1.54) is 59.5 Å². The summed E-state index contributed by atoms with van der Waals surface area (Å²) in [6.45, 7) is 2.13. The van der Waals surface area contributed by atoms with E-state index in [-0.39, 0.29) is 0 Å². The van der Waals surface area contributed by atoms with Crippen molar-refractivity contribution in [3.8, 4) is 11.1 Å². The van der Waals surface area contributed by atoms with Crippen LogP contribution < -0.4 is 5.73 Å². The molecule has 2 N–H and O–H groups in total. The molecule has 204 valence electrons. The second-order valence-corrected chi connectivity index (χ2v) is 12.7. The molecule has 0 radical (unpaired) electrons. The van der Waals surface area contributed by atoms with E-state index >= 15 is 0 Å². The molecule has 9 rings (SSSR count). The summed E-state index contributed by atoms with van der Waals surface area (Å²) >= 11 is 1.88. The number of nitrogens with zero attached hydrogens (tertiary/aromatic N) is 1. The molecule has 2 aliphatic rings. The van der Waals surface area contributed by atoms with Gasteiger partial charge in [0, 0.05) is 20.6 Å². The largest absolute Gasteiger partial charge is 0.385 e. The molecule has 6 aromatic carbocycles. The molecule has 3 heteroatoms. The molecule has 0 fully saturated rings. The van der Waals surface area contributed by atoms with Gasteiger partial charge in [0.1, 0.15) is 5.82 Å². The van der Waals surface area contributed by atoms with Crippen molar-refractivity contribution >= 4 is 45.5 Å². The fraction of sp³-hybridized carbons (Fsp3) is 0.0500. The molecule has 1 aliphatic heterocycles. The zero-order valence-electron chi connectivity index (χ0n) is 23.7. The third-order valence-corrected chi connectivity index (χ3v) is 10.5. The summed E-state index contributed by atoms with van der Waals surface area (Å²) in [4.78, 5) is 2.62. The number of hydrogen-bond donors (Lipinski definition) is 1. The van der Waals surface area contributed by atoms with Crippen molar-refractivity contribution in [3.05, 3.63) is 167 Å². The van der Waals surface area contributed by atoms with Crippen LogP contribution in [0.2, 0.25) is 0 Å². The van der Waals surface area contributed by atoms with Crippen molar-refractivity contribution in [1.29, 1.82) is 0 Å². The van der Waals surface area contributed by atoms with Gasteiger partial charge < -0.3 is 5.73 Å². The van der Waals surface area contributed by atoms with E-state index in [0.29, 0.717) is 5.82 Å². The van der Waals surface area contributed by atoms with Gasteiger partial charge in [-0.2, -0.15) is 0 Å². The Morgan fingerprint density at radius 3 is 2.00 bits per heavy atom. The van der Waals surface area contributed by atoms with Gasteiger partial charge in [-0.25, -0.2) is 0 Å². The van der Waals surface area contributed by atoms with Gasteiger partial charge in [0.2, 0.25) is 0 Å². The van der Waals surface area contributed by atoms with E-state index in [2.05, 4.69) is 151 Å². The van der Waals surface area contributed by atoms with Crippen molar-refractivity contribution < 1.29 is 0 Å². The lowest BCUT2D eigenvalue weighted by molar-refractivity contribution is 0.723. The molecule has 1 aliphatic carbocycles. The number of rotatable bonds is 2. The molecule has 2 nitrogen and oxygen atoms in total. The normalized spacial score (nSPS) is 14.5. The lowest BCUT2D eigenvalue weighted by Gasteiger charge is -2.39. The van der Waals surface area contributed by atoms with E-state index < -0.39 is 5.41 Å². The van der Waals surface area contributed by atoms with E-state index in [0.717, 1.165) is 16.6 Å². The summed E-state index contributed by atoms with van der Waals surface area (Å²) in [5, 5.41) is 2.42. The Hall–Kier alpha value is -4.99. The summed E-state index contributed by atoms with van der Waals surface area (Å²) in [7, 11) is 0. The van der Waals surface area contributed by atoms with Gasteiger partial charge in [0.25, 0.3) is 0 Å². The maximum atomic E-state index is 7.05. The van der Waals surface area contributed by atoms with Crippen LogP contribution in [0.3, 0.4) is 0 Å². The summed E-state index contributed by atoms with van der Waals surface area (Å²) in [5.41, 5.74) is 19.1. The van der Waals surface area contributed by atoms with Crippen molar-refractivity contribution in [2.75, 3.05) is 0 Å². The van der Waals surface area contributed by atoms with Gasteiger partial charge in [0.15, 0.2) is 0 Å². The molecule has 0 atom stereocenters. The highest BCUT2D eigenvalue weighted by atomic mass is 32.2. The van der Waals surface area contributed by atoms with Crippen LogP contribution >= 0.6 is 11.8 Å². The number of benzene rings is 6. The summed E-state index contributed by atoms with van der Waals surface area (Å²) in [5.74, 6) is 0.713. The number of hydrogen-bond acceptors (Lipinski definition) is 2. The molecule has 2 heterocycles. The number of fused-ring (bicyclic) bond motifs is 12. The van der Waals surface area contributed by atoms with Gasteiger partial charge in [-0.1, -0.05) is 115 Å². The maximum Gasteiger partial charge on any atom is 0.108 e. The average molecular weight is 569 g/mol. The molecule has 43 heavy (non-hydrogen) atoms. The molecule has 1 spiro atoms. The minimum Gasteiger partial charge on any atom is -0.385 e. The average Bonchev–Trinajstić information content (AvgIpc) is 3.52. The Balaban J connectivity index is 1.44. The maximum absolute atomic E-state index is 7.05. The fourth-order valence-electron chi connectivity index (χ4n) is 7.56. The monoisotopic (exact) mass is 568 g/mol. The second-order valence-electron chi connectivity index (χ2n) is 11.6. The van der Waals surface area contributed by atoms with E-state index in [9.17, 15) is 0 Å². The minimum atomic E-state index is -0.422. The van der Waals surface area contributed by atoms with E-state index in [4.69, 9.17) is 5.73 Å². The van der Waals surface area contributed by atoms with Crippen molar-refractivity contribution in [2.45, 2.75) is 22.1 Å². The third kappa shape index (κ3) is 3.26. The minimum absolute atomic E-state index is 0.422. The lowest BCUT2D eigenvalue weighted by atomic mass is 9.67. The molecule has 0 unspecified atom stereocenters. The zero-order chi connectivity index (χ0) is 28.7. The van der Waals surface area contributed by atoms with Crippen LogP contribution in [0.25, 0.3) is 44.8 Å². The summed E-state index contributed by atoms with van der Waals surface area (Å²) in [6.07, 6.45) is 2.11. The smallest absolute Gasteiger partial charge is 0.108 e. The molecule has 0 saturated carbocycles. The molecular weight excluding hydrogens is 541 g/mol. The first-order valence-electron chi connectivity index (χ1n) is 14.7. The summed E-state index contributed by atoms with van der Waals surface area (Å²) in [6, 6.07) is 48.8. The van der Waals surface area contributed by atoms with Crippen molar-refractivity contribution in [1.82, 2.24) is 4.57 Å². The van der Waals surface area contributed by atoms with Crippen LogP contribution in [-0.4, -0.2) is 4.57 Å². The predicted molar refractivity (Wildman–Crippen MR) is 180 cm³/mol. The third-order valence-electron chi connectivity index (χ3n) is 9.39. The lowest BCUT2D eigenvalue weighted by Crippen LogP contribution is -2.31. The van der Waals surface area contributed by atoms with Crippen LogP contribution in [0.5, 0.6) is 0 Å². The highest BCUT2D eigenvalue weighted by Gasteiger charge is 2.50. The Morgan fingerprint density at radius 1 is 0.605 bits per heavy atom. The van der Waals surface area contributed by atoms with E-state index in [1.54, 1.807) is 0 Å². The highest BCUT2D eigenvalue weighted by molar-refractivity contribution is 7.99. The first-order valence-corrected chi connectivity index (χ1v) is 15.6. The number of aromatic nitrogens is 1. The Morgan fingerprint density at radius 2 is 1.23 bits per heavy atom. The highest BCUT2D eigenvalue weighted by Crippen LogP contribution is 2.62. The standard InChI is InChI=1S/C40H28N2S/c1-25-12-2-3-13-26(25)22-39(41)42-35-19-9-5-15-28(35)30-23-29-27-14-4-6-16-31(27)40(34(29)24-36(30)42)32-17-7-10-20-37(32)43-38-21-11-8-18-33(38)40/h2-24H,41H2,1H3/b39-22+. The molecule has 7 aromatic rings. The molecule has 0 bridgehead atoms. The van der Waals surface area contributed by atoms with Crippen LogP contribution in [0.15, 0.2) is 143 Å². The fourth-order valence-corrected chi connectivity index (χ4v) is 8.76. The topological polar surface area (TPSA) is 30.9 Å².